The molecule has 0 radical (unpaired) electrons. The van der Waals surface area contributed by atoms with Crippen molar-refractivity contribution in [2.24, 2.45) is 5.92 Å². The van der Waals surface area contributed by atoms with Crippen LogP contribution in [-0.4, -0.2) is 25.2 Å². The van der Waals surface area contributed by atoms with Crippen LogP contribution in [0.5, 0.6) is 0 Å². The van der Waals surface area contributed by atoms with Crippen LogP contribution in [0.2, 0.25) is 0 Å². The Hall–Kier alpha value is -1.61. The quantitative estimate of drug-likeness (QED) is 0.867. The molecular weight excluding hydrogens is 262 g/mol. The second kappa shape index (κ2) is 5.64. The number of nitrogens with one attached hydrogen (secondary N) is 1. The number of methoxy groups -OCH3 is 1. The topological polar surface area (TPSA) is 38.3 Å². The van der Waals surface area contributed by atoms with Gasteiger partial charge in [-0.25, -0.2) is 0 Å². The van der Waals surface area contributed by atoms with Crippen molar-refractivity contribution in [2.75, 3.05) is 7.11 Å². The van der Waals surface area contributed by atoms with Crippen LogP contribution in [0.3, 0.4) is 0 Å². The maximum atomic E-state index is 12.2. The van der Waals surface area contributed by atoms with Gasteiger partial charge in [0, 0.05) is 18.0 Å². The van der Waals surface area contributed by atoms with Crippen molar-refractivity contribution in [2.45, 2.75) is 44.2 Å². The van der Waals surface area contributed by atoms with E-state index in [1.807, 2.05) is 6.92 Å². The highest BCUT2D eigenvalue weighted by Crippen LogP contribution is 2.42. The van der Waals surface area contributed by atoms with Crippen molar-refractivity contribution < 1.29 is 9.53 Å². The third-order valence-electron chi connectivity index (χ3n) is 4.99. The first-order valence-corrected chi connectivity index (χ1v) is 7.70. The van der Waals surface area contributed by atoms with Gasteiger partial charge in [0.05, 0.1) is 13.0 Å². The molecule has 0 unspecified atom stereocenters. The summed E-state index contributed by atoms with van der Waals surface area (Å²) >= 11 is 0. The Morgan fingerprint density at radius 1 is 1.29 bits per heavy atom. The highest BCUT2D eigenvalue weighted by Gasteiger charge is 2.46. The van der Waals surface area contributed by atoms with Crippen LogP contribution in [0.1, 0.15) is 43.2 Å². The minimum absolute atomic E-state index is 0.0653. The smallest absolute Gasteiger partial charge is 0.310 e. The molecule has 0 spiro atoms. The number of rotatable bonds is 3. The SMILES string of the molecule is C=C(C)c1ccc([C@H]2C[C@@H]3CC[C@@H](N3)[C@@H]2C(=O)OC)cc1. The molecule has 0 aromatic heterocycles. The summed E-state index contributed by atoms with van der Waals surface area (Å²) in [5, 5.41) is 3.57. The Kier molecular flexibility index (Phi) is 3.85. The zero-order chi connectivity index (χ0) is 15.0. The lowest BCUT2D eigenvalue weighted by molar-refractivity contribution is -0.148. The van der Waals surface area contributed by atoms with Gasteiger partial charge in [-0.3, -0.25) is 4.79 Å². The van der Waals surface area contributed by atoms with Crippen molar-refractivity contribution in [3.05, 3.63) is 42.0 Å². The number of carbonyl (C=O) groups excluding carboxylic acids is 1. The average molecular weight is 285 g/mol. The summed E-state index contributed by atoms with van der Waals surface area (Å²) < 4.78 is 5.06. The van der Waals surface area contributed by atoms with Crippen molar-refractivity contribution in [1.82, 2.24) is 5.32 Å². The Morgan fingerprint density at radius 3 is 2.62 bits per heavy atom. The summed E-state index contributed by atoms with van der Waals surface area (Å²) in [6.45, 7) is 5.98. The minimum Gasteiger partial charge on any atom is -0.469 e. The van der Waals surface area contributed by atoms with Gasteiger partial charge in [-0.05, 0) is 37.3 Å². The van der Waals surface area contributed by atoms with E-state index in [2.05, 4.69) is 36.2 Å². The van der Waals surface area contributed by atoms with E-state index >= 15 is 0 Å². The number of hydrogen-bond acceptors (Lipinski definition) is 3. The molecule has 112 valence electrons. The molecule has 0 aliphatic carbocycles. The Balaban J connectivity index is 1.90. The van der Waals surface area contributed by atoms with Gasteiger partial charge in [-0.2, -0.15) is 0 Å². The molecule has 21 heavy (non-hydrogen) atoms. The first-order chi connectivity index (χ1) is 10.1. The zero-order valence-electron chi connectivity index (χ0n) is 12.8. The predicted octanol–water partition coefficient (Wildman–Crippen LogP) is 3.12. The molecule has 2 fully saturated rings. The Morgan fingerprint density at radius 2 is 2.00 bits per heavy atom. The molecule has 1 aromatic carbocycles. The summed E-state index contributed by atoms with van der Waals surface area (Å²) in [6, 6.07) is 9.32. The molecule has 4 atom stereocenters. The Bertz CT molecular complexity index is 549. The van der Waals surface area contributed by atoms with Crippen LogP contribution in [0.4, 0.5) is 0 Å². The van der Waals surface area contributed by atoms with E-state index in [1.165, 1.54) is 19.1 Å². The van der Waals surface area contributed by atoms with Gasteiger partial charge < -0.3 is 10.1 Å². The lowest BCUT2D eigenvalue weighted by Crippen LogP contribution is -2.48. The van der Waals surface area contributed by atoms with Crippen LogP contribution < -0.4 is 5.32 Å². The molecule has 2 aliphatic heterocycles. The summed E-state index contributed by atoms with van der Waals surface area (Å²) in [5.41, 5.74) is 3.47. The number of piperidine rings is 1. The van der Waals surface area contributed by atoms with Gasteiger partial charge in [-0.15, -0.1) is 0 Å². The molecule has 1 N–H and O–H groups in total. The molecule has 0 saturated carbocycles. The molecule has 2 aliphatic rings. The standard InChI is InChI=1S/C18H23NO2/c1-11(2)12-4-6-13(7-5-12)15-10-14-8-9-16(19-14)17(15)18(20)21-3/h4-7,14-17,19H,1,8-10H2,2-3H3/t14-,15+,16+,17+/m0/s1. The first kappa shape index (κ1) is 14.3. The number of allylic oxidation sites excluding steroid dienone is 1. The van der Waals surface area contributed by atoms with Crippen LogP contribution in [-0.2, 0) is 9.53 Å². The van der Waals surface area contributed by atoms with E-state index in [1.54, 1.807) is 0 Å². The van der Waals surface area contributed by atoms with E-state index < -0.39 is 0 Å². The number of esters is 1. The summed E-state index contributed by atoms with van der Waals surface area (Å²) in [7, 11) is 1.49. The van der Waals surface area contributed by atoms with Crippen LogP contribution in [0, 0.1) is 5.92 Å². The van der Waals surface area contributed by atoms with Crippen LogP contribution >= 0.6 is 0 Å². The van der Waals surface area contributed by atoms with Gasteiger partial charge in [0.25, 0.3) is 0 Å². The lowest BCUT2D eigenvalue weighted by atomic mass is 9.77. The van der Waals surface area contributed by atoms with Gasteiger partial charge in [0.2, 0.25) is 0 Å². The fraction of sp³-hybridized carbons (Fsp3) is 0.500. The lowest BCUT2D eigenvalue weighted by Gasteiger charge is -2.36. The second-order valence-corrected chi connectivity index (χ2v) is 6.34. The summed E-state index contributed by atoms with van der Waals surface area (Å²) in [4.78, 5) is 12.2. The van der Waals surface area contributed by atoms with E-state index in [-0.39, 0.29) is 23.8 Å². The third-order valence-corrected chi connectivity index (χ3v) is 4.99. The van der Waals surface area contributed by atoms with E-state index in [4.69, 9.17) is 4.74 Å². The van der Waals surface area contributed by atoms with Gasteiger partial charge >= 0.3 is 5.97 Å². The molecule has 3 heteroatoms. The maximum Gasteiger partial charge on any atom is 0.310 e. The van der Waals surface area contributed by atoms with Gasteiger partial charge in [0.15, 0.2) is 0 Å². The fourth-order valence-corrected chi connectivity index (χ4v) is 3.88. The highest BCUT2D eigenvalue weighted by molar-refractivity contribution is 5.75. The molecular formula is C18H23NO2. The monoisotopic (exact) mass is 285 g/mol. The number of fused-ring (bicyclic) bond motifs is 2. The molecule has 3 nitrogen and oxygen atoms in total. The molecule has 3 rings (SSSR count). The first-order valence-electron chi connectivity index (χ1n) is 7.70. The molecule has 2 saturated heterocycles. The van der Waals surface area contributed by atoms with E-state index in [0.717, 1.165) is 24.0 Å². The van der Waals surface area contributed by atoms with Crippen molar-refractivity contribution in [3.8, 4) is 0 Å². The second-order valence-electron chi connectivity index (χ2n) is 6.34. The Labute approximate surface area is 126 Å². The largest absolute Gasteiger partial charge is 0.469 e. The van der Waals surface area contributed by atoms with E-state index in [9.17, 15) is 4.79 Å². The third kappa shape index (κ3) is 2.62. The molecule has 2 bridgehead atoms. The summed E-state index contributed by atoms with van der Waals surface area (Å²) in [6.07, 6.45) is 3.26. The molecule has 0 amide bonds. The predicted molar refractivity (Wildman–Crippen MR) is 84.0 cm³/mol. The van der Waals surface area contributed by atoms with Crippen molar-refractivity contribution in [3.63, 3.8) is 0 Å². The minimum atomic E-state index is -0.0816. The number of ether oxygens (including phenoxy) is 1. The summed E-state index contributed by atoms with van der Waals surface area (Å²) in [5.74, 6) is 0.113. The van der Waals surface area contributed by atoms with Crippen LogP contribution in [0.25, 0.3) is 5.57 Å². The fourth-order valence-electron chi connectivity index (χ4n) is 3.88. The molecule has 1 aromatic rings. The highest BCUT2D eigenvalue weighted by atomic mass is 16.5. The number of carbonyl (C=O) groups is 1. The maximum absolute atomic E-state index is 12.2. The normalized spacial score (nSPS) is 31.0. The number of benzene rings is 1. The zero-order valence-corrected chi connectivity index (χ0v) is 12.8. The van der Waals surface area contributed by atoms with Gasteiger partial charge in [-0.1, -0.05) is 36.4 Å². The molecule has 2 heterocycles. The van der Waals surface area contributed by atoms with Crippen molar-refractivity contribution >= 4 is 11.5 Å². The van der Waals surface area contributed by atoms with Crippen molar-refractivity contribution in [1.29, 1.82) is 0 Å². The van der Waals surface area contributed by atoms with E-state index in [0.29, 0.717) is 6.04 Å². The number of hydrogen-bond donors (Lipinski definition) is 1. The van der Waals surface area contributed by atoms with Crippen LogP contribution in [0.15, 0.2) is 30.8 Å². The van der Waals surface area contributed by atoms with Gasteiger partial charge in [0.1, 0.15) is 0 Å². The average Bonchev–Trinajstić information content (AvgIpc) is 2.88.